The first-order valence-corrected chi connectivity index (χ1v) is 11.2. The number of fused-ring (bicyclic) bond motifs is 1. The summed E-state index contributed by atoms with van der Waals surface area (Å²) in [7, 11) is 0. The Morgan fingerprint density at radius 1 is 0.812 bits per heavy atom. The van der Waals surface area contributed by atoms with Crippen LogP contribution >= 0.6 is 0 Å². The lowest BCUT2D eigenvalue weighted by atomic mass is 10.0. The van der Waals surface area contributed by atoms with Crippen LogP contribution in [-0.2, 0) is 13.1 Å². The van der Waals surface area contributed by atoms with Gasteiger partial charge < -0.3 is 0 Å². The van der Waals surface area contributed by atoms with Crippen molar-refractivity contribution in [3.8, 4) is 11.1 Å². The Bertz CT molecular complexity index is 1200. The number of rotatable bonds is 6. The molecule has 0 unspecified atom stereocenters. The third-order valence-corrected chi connectivity index (χ3v) is 6.32. The highest BCUT2D eigenvalue weighted by molar-refractivity contribution is 5.93. The molecule has 0 atom stereocenters. The van der Waals surface area contributed by atoms with Crippen LogP contribution in [-0.4, -0.2) is 45.9 Å². The average molecular weight is 421 g/mol. The molecule has 0 radical (unpaired) electrons. The van der Waals surface area contributed by atoms with Gasteiger partial charge in [0.2, 0.25) is 0 Å². The van der Waals surface area contributed by atoms with Gasteiger partial charge in [0.05, 0.1) is 5.52 Å². The van der Waals surface area contributed by atoms with Crippen molar-refractivity contribution >= 4 is 17.0 Å². The zero-order valence-corrected chi connectivity index (χ0v) is 18.3. The molecule has 2 aromatic heterocycles. The third kappa shape index (κ3) is 4.47. The van der Waals surface area contributed by atoms with Crippen LogP contribution in [0.1, 0.15) is 16.7 Å². The molecule has 4 nitrogen and oxygen atoms in total. The topological polar surface area (TPSA) is 32.3 Å². The summed E-state index contributed by atoms with van der Waals surface area (Å²) in [6.45, 7) is 10.2. The molecule has 0 bridgehead atoms. The lowest BCUT2D eigenvalue weighted by Gasteiger charge is -2.35. The number of piperazine rings is 1. The minimum absolute atomic E-state index is 0.941. The van der Waals surface area contributed by atoms with E-state index in [2.05, 4.69) is 74.9 Å². The minimum atomic E-state index is 0.941. The highest BCUT2D eigenvalue weighted by Crippen LogP contribution is 2.27. The molecule has 3 heterocycles. The van der Waals surface area contributed by atoms with Crippen molar-refractivity contribution in [2.75, 3.05) is 26.2 Å². The average Bonchev–Trinajstić information content (AvgIpc) is 2.86. The summed E-state index contributed by atoms with van der Waals surface area (Å²) in [5.41, 5.74) is 7.27. The van der Waals surface area contributed by atoms with Crippen LogP contribution in [0, 0.1) is 0 Å². The number of nitrogens with zero attached hydrogens (tertiary/aromatic N) is 4. The van der Waals surface area contributed by atoms with E-state index in [4.69, 9.17) is 0 Å². The smallest absolute Gasteiger partial charge is 0.0780 e. The maximum atomic E-state index is 4.60. The van der Waals surface area contributed by atoms with Crippen LogP contribution in [0.2, 0.25) is 0 Å². The first kappa shape index (κ1) is 20.6. The molecule has 1 aliphatic rings. The van der Waals surface area contributed by atoms with E-state index in [1.165, 1.54) is 33.2 Å². The van der Waals surface area contributed by atoms with Gasteiger partial charge in [-0.05, 0) is 34.4 Å². The molecule has 5 rings (SSSR count). The van der Waals surface area contributed by atoms with Gasteiger partial charge in [-0.1, -0.05) is 61.2 Å². The second kappa shape index (κ2) is 9.43. The summed E-state index contributed by atoms with van der Waals surface area (Å²) < 4.78 is 0. The molecule has 160 valence electrons. The van der Waals surface area contributed by atoms with Crippen LogP contribution < -0.4 is 0 Å². The van der Waals surface area contributed by atoms with E-state index in [0.29, 0.717) is 0 Å². The quantitative estimate of drug-likeness (QED) is 0.426. The summed E-state index contributed by atoms with van der Waals surface area (Å²) in [4.78, 5) is 13.9. The van der Waals surface area contributed by atoms with Crippen LogP contribution in [0.4, 0.5) is 0 Å². The summed E-state index contributed by atoms with van der Waals surface area (Å²) in [6.07, 6.45) is 7.59. The van der Waals surface area contributed by atoms with Gasteiger partial charge in [0.25, 0.3) is 0 Å². The molecule has 4 heteroatoms. The van der Waals surface area contributed by atoms with Crippen molar-refractivity contribution in [2.24, 2.45) is 0 Å². The van der Waals surface area contributed by atoms with Crippen molar-refractivity contribution in [2.45, 2.75) is 13.1 Å². The molecule has 0 amide bonds. The molecule has 32 heavy (non-hydrogen) atoms. The zero-order valence-electron chi connectivity index (χ0n) is 18.3. The van der Waals surface area contributed by atoms with Gasteiger partial charge in [-0.25, -0.2) is 0 Å². The molecular weight excluding hydrogens is 392 g/mol. The maximum Gasteiger partial charge on any atom is 0.0780 e. The standard InChI is InChI=1S/C28H28N4/c1-2-23-12-14-29-19-26(23)21-32-17-15-31(16-18-32)20-22-8-10-24(11-9-22)27-7-3-5-25-6-4-13-30-28(25)27/h2-14,19H,1,15-18,20-21H2. The van der Waals surface area contributed by atoms with Crippen LogP contribution in [0.15, 0.2) is 85.8 Å². The predicted octanol–water partition coefficient (Wildman–Crippen LogP) is 5.26. The Morgan fingerprint density at radius 3 is 2.34 bits per heavy atom. The Balaban J connectivity index is 1.20. The summed E-state index contributed by atoms with van der Waals surface area (Å²) >= 11 is 0. The molecule has 0 spiro atoms. The van der Waals surface area contributed by atoms with Crippen molar-refractivity contribution in [1.29, 1.82) is 0 Å². The van der Waals surface area contributed by atoms with Gasteiger partial charge in [-0.2, -0.15) is 0 Å². The van der Waals surface area contributed by atoms with E-state index in [1.54, 1.807) is 0 Å². The molecular formula is C28H28N4. The molecule has 2 aromatic carbocycles. The van der Waals surface area contributed by atoms with Gasteiger partial charge in [0.15, 0.2) is 0 Å². The summed E-state index contributed by atoms with van der Waals surface area (Å²) in [6, 6.07) is 21.5. The zero-order chi connectivity index (χ0) is 21.8. The first-order valence-electron chi connectivity index (χ1n) is 11.2. The van der Waals surface area contributed by atoms with Crippen LogP contribution in [0.25, 0.3) is 28.1 Å². The third-order valence-electron chi connectivity index (χ3n) is 6.32. The van der Waals surface area contributed by atoms with Gasteiger partial charge in [0, 0.05) is 68.8 Å². The van der Waals surface area contributed by atoms with E-state index in [0.717, 1.165) is 44.8 Å². The lowest BCUT2D eigenvalue weighted by Crippen LogP contribution is -2.45. The number of benzene rings is 2. The number of pyridine rings is 2. The largest absolute Gasteiger partial charge is 0.297 e. The second-order valence-electron chi connectivity index (χ2n) is 8.41. The Hall–Kier alpha value is -3.34. The fourth-order valence-corrected chi connectivity index (χ4v) is 4.50. The monoisotopic (exact) mass is 420 g/mol. The number of hydrogen-bond acceptors (Lipinski definition) is 4. The normalized spacial score (nSPS) is 15.1. The van der Waals surface area contributed by atoms with Gasteiger partial charge >= 0.3 is 0 Å². The Morgan fingerprint density at radius 2 is 1.56 bits per heavy atom. The predicted molar refractivity (Wildman–Crippen MR) is 132 cm³/mol. The number of hydrogen-bond donors (Lipinski definition) is 0. The second-order valence-corrected chi connectivity index (χ2v) is 8.41. The molecule has 0 aliphatic carbocycles. The van der Waals surface area contributed by atoms with E-state index < -0.39 is 0 Å². The minimum Gasteiger partial charge on any atom is -0.297 e. The van der Waals surface area contributed by atoms with E-state index >= 15 is 0 Å². The highest BCUT2D eigenvalue weighted by Gasteiger charge is 2.18. The van der Waals surface area contributed by atoms with E-state index in [-0.39, 0.29) is 0 Å². The highest BCUT2D eigenvalue weighted by atomic mass is 15.3. The Labute approximate surface area is 189 Å². The molecule has 4 aromatic rings. The Kier molecular flexibility index (Phi) is 6.06. The molecule has 0 N–H and O–H groups in total. The number of aromatic nitrogens is 2. The fourth-order valence-electron chi connectivity index (χ4n) is 4.50. The summed E-state index contributed by atoms with van der Waals surface area (Å²) in [5.74, 6) is 0. The first-order chi connectivity index (χ1) is 15.8. The summed E-state index contributed by atoms with van der Waals surface area (Å²) in [5, 5.41) is 1.18. The van der Waals surface area contributed by atoms with Gasteiger partial charge in [-0.3, -0.25) is 19.8 Å². The fraction of sp³-hybridized carbons (Fsp3) is 0.214. The number of para-hydroxylation sites is 1. The van der Waals surface area contributed by atoms with Gasteiger partial charge in [0.1, 0.15) is 0 Å². The molecule has 1 aliphatic heterocycles. The van der Waals surface area contributed by atoms with E-state index in [9.17, 15) is 0 Å². The van der Waals surface area contributed by atoms with Crippen molar-refractivity contribution in [1.82, 2.24) is 19.8 Å². The van der Waals surface area contributed by atoms with Crippen molar-refractivity contribution in [3.05, 3.63) is 103 Å². The lowest BCUT2D eigenvalue weighted by molar-refractivity contribution is 0.122. The van der Waals surface area contributed by atoms with Gasteiger partial charge in [-0.15, -0.1) is 0 Å². The van der Waals surface area contributed by atoms with Crippen LogP contribution in [0.5, 0.6) is 0 Å². The molecule has 1 fully saturated rings. The van der Waals surface area contributed by atoms with Crippen molar-refractivity contribution in [3.63, 3.8) is 0 Å². The molecule has 0 saturated carbocycles. The van der Waals surface area contributed by atoms with Crippen LogP contribution in [0.3, 0.4) is 0 Å². The molecule has 1 saturated heterocycles. The van der Waals surface area contributed by atoms with Crippen molar-refractivity contribution < 1.29 is 0 Å². The SMILES string of the molecule is C=Cc1ccncc1CN1CCN(Cc2ccc(-c3cccc4cccnc34)cc2)CC1. The van der Waals surface area contributed by atoms with E-state index in [1.807, 2.05) is 36.8 Å². The maximum absolute atomic E-state index is 4.60.